The first-order chi connectivity index (χ1) is 15.4. The summed E-state index contributed by atoms with van der Waals surface area (Å²) in [7, 11) is -0.255. The van der Waals surface area contributed by atoms with Crippen LogP contribution in [0.5, 0.6) is 5.75 Å². The van der Waals surface area contributed by atoms with E-state index in [0.717, 1.165) is 38.3 Å². The summed E-state index contributed by atoms with van der Waals surface area (Å²) in [6.45, 7) is 9.23. The highest BCUT2D eigenvalue weighted by molar-refractivity contribution is 7.57. The number of nitrogens with one attached hydrogen (secondary N) is 2. The Kier molecular flexibility index (Phi) is 11.5. The molecule has 0 aromatic heterocycles. The van der Waals surface area contributed by atoms with Gasteiger partial charge in [0, 0.05) is 29.4 Å². The molecular formula is C25H38ClN2O3P. The van der Waals surface area contributed by atoms with E-state index in [2.05, 4.69) is 38.1 Å². The molecular weight excluding hydrogens is 443 g/mol. The largest absolute Gasteiger partial charge is 0.485 e. The Morgan fingerprint density at radius 1 is 1.09 bits per heavy atom. The van der Waals surface area contributed by atoms with Crippen LogP contribution in [-0.2, 0) is 9.59 Å². The zero-order chi connectivity index (χ0) is 23.5. The van der Waals surface area contributed by atoms with Gasteiger partial charge in [0.25, 0.3) is 5.91 Å². The lowest BCUT2D eigenvalue weighted by atomic mass is 9.90. The molecule has 1 aromatic rings. The third kappa shape index (κ3) is 8.08. The number of unbranched alkanes of at least 4 members (excludes halogenated alkanes) is 3. The first kappa shape index (κ1) is 26.7. The van der Waals surface area contributed by atoms with Crippen LogP contribution < -0.4 is 15.4 Å². The molecule has 2 unspecified atom stereocenters. The summed E-state index contributed by atoms with van der Waals surface area (Å²) in [6, 6.07) is 5.28. The number of anilines is 1. The quantitative estimate of drug-likeness (QED) is 0.258. The molecule has 0 fully saturated rings. The summed E-state index contributed by atoms with van der Waals surface area (Å²) < 4.78 is 6.07. The van der Waals surface area contributed by atoms with Crippen molar-refractivity contribution in [2.75, 3.05) is 24.7 Å². The van der Waals surface area contributed by atoms with Crippen molar-refractivity contribution in [3.05, 3.63) is 34.4 Å². The van der Waals surface area contributed by atoms with E-state index < -0.39 is 0 Å². The van der Waals surface area contributed by atoms with Crippen molar-refractivity contribution in [1.29, 1.82) is 0 Å². The van der Waals surface area contributed by atoms with Gasteiger partial charge in [-0.3, -0.25) is 9.59 Å². The maximum absolute atomic E-state index is 13.1. The Morgan fingerprint density at radius 3 is 2.44 bits per heavy atom. The molecule has 2 atom stereocenters. The molecule has 0 bridgehead atoms. The number of hydrogen-bond acceptors (Lipinski definition) is 3. The van der Waals surface area contributed by atoms with E-state index in [0.29, 0.717) is 47.0 Å². The first-order valence-corrected chi connectivity index (χ1v) is 14.3. The van der Waals surface area contributed by atoms with Gasteiger partial charge in [0.2, 0.25) is 5.91 Å². The second-order valence-electron chi connectivity index (χ2n) is 8.37. The highest BCUT2D eigenvalue weighted by Gasteiger charge is 2.24. The standard InChI is InChI=1S/C25H38ClN2O3P/c1-5-7-8-11-16-27-24(29)20-12-9-10-13-21(20)25(30)28-19-14-15-22(26)23(17-19)31-18(3)32(4)6-2/h14-15,17-18H,5-13,16H2,1-4H3,(H,27,29)(H,28,30). The average molecular weight is 481 g/mol. The fourth-order valence-corrected chi connectivity index (χ4v) is 4.65. The van der Waals surface area contributed by atoms with Crippen molar-refractivity contribution in [2.24, 2.45) is 0 Å². The number of benzene rings is 1. The molecule has 1 aromatic carbocycles. The van der Waals surface area contributed by atoms with Crippen molar-refractivity contribution < 1.29 is 14.3 Å². The maximum atomic E-state index is 13.1. The molecule has 0 saturated heterocycles. The molecule has 7 heteroatoms. The normalized spacial score (nSPS) is 15.8. The molecule has 0 radical (unpaired) electrons. The third-order valence-electron chi connectivity index (χ3n) is 5.94. The van der Waals surface area contributed by atoms with E-state index in [4.69, 9.17) is 16.3 Å². The molecule has 2 rings (SSSR count). The van der Waals surface area contributed by atoms with Gasteiger partial charge in [0.15, 0.2) is 0 Å². The van der Waals surface area contributed by atoms with Crippen LogP contribution in [-0.4, -0.2) is 37.0 Å². The Labute approximate surface area is 199 Å². The number of carbonyl (C=O) groups is 2. The predicted molar refractivity (Wildman–Crippen MR) is 136 cm³/mol. The molecule has 1 aliphatic carbocycles. The molecule has 32 heavy (non-hydrogen) atoms. The zero-order valence-electron chi connectivity index (χ0n) is 19.9. The van der Waals surface area contributed by atoms with E-state index in [-0.39, 0.29) is 25.6 Å². The predicted octanol–water partition coefficient (Wildman–Crippen LogP) is 6.70. The third-order valence-corrected chi connectivity index (χ3v) is 8.59. The Hall–Kier alpha value is -1.58. The first-order valence-electron chi connectivity index (χ1n) is 11.8. The minimum absolute atomic E-state index is 0.0760. The minimum atomic E-state index is -0.255. The molecule has 2 N–H and O–H groups in total. The highest BCUT2D eigenvalue weighted by Crippen LogP contribution is 2.39. The van der Waals surface area contributed by atoms with Gasteiger partial charge in [-0.25, -0.2) is 0 Å². The number of ether oxygens (including phenoxy) is 1. The Bertz CT molecular complexity index is 812. The average Bonchev–Trinajstić information content (AvgIpc) is 2.80. The Balaban J connectivity index is 2.08. The molecule has 178 valence electrons. The van der Waals surface area contributed by atoms with Gasteiger partial charge in [0.1, 0.15) is 11.6 Å². The molecule has 1 aliphatic rings. The summed E-state index contributed by atoms with van der Waals surface area (Å²) in [4.78, 5) is 25.8. The van der Waals surface area contributed by atoms with Crippen LogP contribution >= 0.6 is 19.5 Å². The lowest BCUT2D eigenvalue weighted by Gasteiger charge is -2.22. The van der Waals surface area contributed by atoms with Crippen LogP contribution in [0.3, 0.4) is 0 Å². The summed E-state index contributed by atoms with van der Waals surface area (Å²) in [5.41, 5.74) is 1.84. The second kappa shape index (κ2) is 13.9. The number of amides is 2. The lowest BCUT2D eigenvalue weighted by Crippen LogP contribution is -2.30. The molecule has 0 heterocycles. The lowest BCUT2D eigenvalue weighted by molar-refractivity contribution is -0.119. The van der Waals surface area contributed by atoms with E-state index in [1.54, 1.807) is 18.2 Å². The molecule has 0 spiro atoms. The molecule has 5 nitrogen and oxygen atoms in total. The topological polar surface area (TPSA) is 67.4 Å². The van der Waals surface area contributed by atoms with Crippen molar-refractivity contribution in [2.45, 2.75) is 78.0 Å². The number of hydrogen-bond donors (Lipinski definition) is 2. The number of halogens is 1. The molecule has 0 aliphatic heterocycles. The zero-order valence-corrected chi connectivity index (χ0v) is 21.6. The summed E-state index contributed by atoms with van der Waals surface area (Å²) in [5, 5.41) is 6.48. The highest BCUT2D eigenvalue weighted by atomic mass is 35.5. The van der Waals surface area contributed by atoms with Crippen LogP contribution in [0, 0.1) is 0 Å². The van der Waals surface area contributed by atoms with Crippen LogP contribution in [0.25, 0.3) is 0 Å². The van der Waals surface area contributed by atoms with Crippen LogP contribution in [0.15, 0.2) is 29.3 Å². The van der Waals surface area contributed by atoms with E-state index in [1.165, 1.54) is 6.42 Å². The van der Waals surface area contributed by atoms with Gasteiger partial charge in [0.05, 0.1) is 5.02 Å². The smallest absolute Gasteiger partial charge is 0.252 e. The van der Waals surface area contributed by atoms with Gasteiger partial charge in [-0.15, -0.1) is 0 Å². The fourth-order valence-electron chi connectivity index (χ4n) is 3.68. The molecule has 2 amide bonds. The van der Waals surface area contributed by atoms with Crippen molar-refractivity contribution in [1.82, 2.24) is 5.32 Å². The molecule has 0 saturated carbocycles. The van der Waals surface area contributed by atoms with Gasteiger partial charge in [-0.05, 0) is 64.0 Å². The van der Waals surface area contributed by atoms with Crippen LogP contribution in [0.4, 0.5) is 5.69 Å². The number of carbonyl (C=O) groups excluding carboxylic acids is 2. The summed E-state index contributed by atoms with van der Waals surface area (Å²) in [6.07, 6.45) is 8.61. The maximum Gasteiger partial charge on any atom is 0.252 e. The van der Waals surface area contributed by atoms with Crippen LogP contribution in [0.1, 0.15) is 72.1 Å². The van der Waals surface area contributed by atoms with Gasteiger partial charge in [-0.2, -0.15) is 0 Å². The number of rotatable bonds is 12. The van der Waals surface area contributed by atoms with E-state index >= 15 is 0 Å². The Morgan fingerprint density at radius 2 is 1.78 bits per heavy atom. The SMILES string of the molecule is CCCCCCNC(=O)C1=C(C(=O)Nc2ccc(Cl)c(OC(C)P(C)CC)c2)CCCC1. The van der Waals surface area contributed by atoms with Crippen molar-refractivity contribution in [3.8, 4) is 5.75 Å². The summed E-state index contributed by atoms with van der Waals surface area (Å²) in [5.74, 6) is 0.333. The monoisotopic (exact) mass is 480 g/mol. The van der Waals surface area contributed by atoms with Crippen molar-refractivity contribution in [3.63, 3.8) is 0 Å². The fraction of sp³-hybridized carbons (Fsp3) is 0.600. The van der Waals surface area contributed by atoms with Gasteiger partial charge < -0.3 is 15.4 Å². The summed E-state index contributed by atoms with van der Waals surface area (Å²) >= 11 is 6.33. The minimum Gasteiger partial charge on any atom is -0.485 e. The van der Waals surface area contributed by atoms with Crippen LogP contribution in [0.2, 0.25) is 5.02 Å². The van der Waals surface area contributed by atoms with Crippen molar-refractivity contribution >= 4 is 37.0 Å². The van der Waals surface area contributed by atoms with Gasteiger partial charge in [-0.1, -0.05) is 52.6 Å². The van der Waals surface area contributed by atoms with Gasteiger partial charge >= 0.3 is 0 Å². The van der Waals surface area contributed by atoms with E-state index in [1.807, 2.05) is 0 Å². The second-order valence-corrected chi connectivity index (χ2v) is 11.7. The van der Waals surface area contributed by atoms with E-state index in [9.17, 15) is 9.59 Å².